The fraction of sp³-hybridized carbons (Fsp3) is 0.292. The van der Waals surface area contributed by atoms with Gasteiger partial charge in [0.2, 0.25) is 5.91 Å². The summed E-state index contributed by atoms with van der Waals surface area (Å²) >= 11 is 1.70. The number of benzene rings is 2. The minimum atomic E-state index is -0.315. The van der Waals surface area contributed by atoms with Gasteiger partial charge in [-0.25, -0.2) is 14.4 Å². The van der Waals surface area contributed by atoms with Crippen molar-refractivity contribution >= 4 is 23.5 Å². The van der Waals surface area contributed by atoms with E-state index in [1.807, 2.05) is 24.5 Å². The van der Waals surface area contributed by atoms with E-state index in [1.165, 1.54) is 17.0 Å². The molecular weight excluding hydrogens is 411 g/mol. The van der Waals surface area contributed by atoms with Gasteiger partial charge in [0, 0.05) is 36.3 Å². The molecule has 2 aromatic carbocycles. The predicted molar refractivity (Wildman–Crippen MR) is 122 cm³/mol. The maximum Gasteiger partial charge on any atom is 0.225 e. The lowest BCUT2D eigenvalue weighted by Gasteiger charge is -2.33. The highest BCUT2D eigenvalue weighted by atomic mass is 32.2. The smallest absolute Gasteiger partial charge is 0.225 e. The van der Waals surface area contributed by atoms with Gasteiger partial charge in [0.05, 0.1) is 5.92 Å². The van der Waals surface area contributed by atoms with Crippen molar-refractivity contribution in [3.05, 3.63) is 72.2 Å². The van der Waals surface area contributed by atoms with E-state index >= 15 is 0 Å². The Morgan fingerprint density at radius 2 is 2.06 bits per heavy atom. The van der Waals surface area contributed by atoms with E-state index in [1.54, 1.807) is 30.1 Å². The Hall–Kier alpha value is -2.93. The average molecular weight is 437 g/mol. The zero-order valence-electron chi connectivity index (χ0n) is 17.4. The maximum atomic E-state index is 13.6. The second-order valence-corrected chi connectivity index (χ2v) is 8.48. The first-order valence-electron chi connectivity index (χ1n) is 10.4. The minimum Gasteiger partial charge on any atom is -0.356 e. The van der Waals surface area contributed by atoms with Crippen molar-refractivity contribution < 1.29 is 9.18 Å². The zero-order valence-corrected chi connectivity index (χ0v) is 18.2. The van der Waals surface area contributed by atoms with E-state index < -0.39 is 0 Å². The van der Waals surface area contributed by atoms with Crippen molar-refractivity contribution in [2.24, 2.45) is 5.92 Å². The van der Waals surface area contributed by atoms with E-state index in [0.717, 1.165) is 30.8 Å². The summed E-state index contributed by atoms with van der Waals surface area (Å²) in [6, 6.07) is 16.4. The van der Waals surface area contributed by atoms with Gasteiger partial charge in [0.15, 0.2) is 5.82 Å². The summed E-state index contributed by atoms with van der Waals surface area (Å²) in [5.74, 6) is 0.908. The Bertz CT molecular complexity index is 1040. The number of piperidine rings is 1. The first-order chi connectivity index (χ1) is 15.1. The fourth-order valence-corrected chi connectivity index (χ4v) is 4.18. The first-order valence-corrected chi connectivity index (χ1v) is 11.6. The van der Waals surface area contributed by atoms with Crippen molar-refractivity contribution in [1.82, 2.24) is 15.3 Å². The number of hydrogen-bond acceptors (Lipinski definition) is 5. The summed E-state index contributed by atoms with van der Waals surface area (Å²) in [6.07, 6.45) is 5.50. The summed E-state index contributed by atoms with van der Waals surface area (Å²) in [5, 5.41) is 3.07. The molecule has 1 unspecified atom stereocenters. The number of nitrogens with one attached hydrogen (secondary N) is 1. The third kappa shape index (κ3) is 5.41. The molecule has 1 aliphatic rings. The topological polar surface area (TPSA) is 58.1 Å². The summed E-state index contributed by atoms with van der Waals surface area (Å²) in [5.41, 5.74) is 1.73. The Balaban J connectivity index is 1.40. The monoisotopic (exact) mass is 436 g/mol. The summed E-state index contributed by atoms with van der Waals surface area (Å²) in [7, 11) is 0. The Morgan fingerprint density at radius 3 is 2.84 bits per heavy atom. The molecule has 1 N–H and O–H groups in total. The lowest BCUT2D eigenvalue weighted by atomic mass is 9.97. The highest BCUT2D eigenvalue weighted by Crippen LogP contribution is 2.24. The number of aromatic nitrogens is 2. The molecule has 1 aliphatic heterocycles. The van der Waals surface area contributed by atoms with Gasteiger partial charge >= 0.3 is 0 Å². The highest BCUT2D eigenvalue weighted by molar-refractivity contribution is 7.98. The van der Waals surface area contributed by atoms with Crippen molar-refractivity contribution in [2.45, 2.75) is 24.3 Å². The number of amides is 1. The lowest BCUT2D eigenvalue weighted by Crippen LogP contribution is -2.43. The molecule has 3 aromatic rings. The summed E-state index contributed by atoms with van der Waals surface area (Å²) in [6.45, 7) is 1.97. The SMILES string of the molecule is CSc1ccc(CNC(=O)C2CCCN(c3ccnc(-c4cccc(F)c4)n3)C2)cc1. The molecule has 1 amide bonds. The molecular formula is C24H25FN4OS. The number of carbonyl (C=O) groups is 1. The van der Waals surface area contributed by atoms with E-state index in [0.29, 0.717) is 24.5 Å². The second kappa shape index (κ2) is 9.92. The van der Waals surface area contributed by atoms with Crippen LogP contribution >= 0.6 is 11.8 Å². The molecule has 1 atom stereocenters. The van der Waals surface area contributed by atoms with Crippen molar-refractivity contribution in [2.75, 3.05) is 24.2 Å². The number of hydrogen-bond donors (Lipinski definition) is 1. The Kier molecular flexibility index (Phi) is 6.82. The molecule has 0 aliphatic carbocycles. The largest absolute Gasteiger partial charge is 0.356 e. The number of thioether (sulfide) groups is 1. The molecule has 4 rings (SSSR count). The summed E-state index contributed by atoms with van der Waals surface area (Å²) in [4.78, 5) is 25.0. The number of anilines is 1. The van der Waals surface area contributed by atoms with E-state index in [4.69, 9.17) is 0 Å². The molecule has 1 aromatic heterocycles. The number of rotatable bonds is 6. The molecule has 0 bridgehead atoms. The van der Waals surface area contributed by atoms with Gasteiger partial charge in [0.1, 0.15) is 11.6 Å². The van der Waals surface area contributed by atoms with Gasteiger partial charge in [0.25, 0.3) is 0 Å². The van der Waals surface area contributed by atoms with Crippen LogP contribution in [0, 0.1) is 11.7 Å². The van der Waals surface area contributed by atoms with E-state index in [9.17, 15) is 9.18 Å². The highest BCUT2D eigenvalue weighted by Gasteiger charge is 2.26. The van der Waals surface area contributed by atoms with Crippen LogP contribution in [0.15, 0.2) is 65.7 Å². The quantitative estimate of drug-likeness (QED) is 0.575. The molecule has 7 heteroatoms. The van der Waals surface area contributed by atoms with Gasteiger partial charge < -0.3 is 10.2 Å². The Labute approximate surface area is 186 Å². The van der Waals surface area contributed by atoms with Crippen LogP contribution in [0.5, 0.6) is 0 Å². The predicted octanol–water partition coefficient (Wildman–Crippen LogP) is 4.54. The molecule has 0 spiro atoms. The van der Waals surface area contributed by atoms with Gasteiger partial charge in [-0.3, -0.25) is 4.79 Å². The van der Waals surface area contributed by atoms with Gasteiger partial charge in [-0.15, -0.1) is 11.8 Å². The van der Waals surface area contributed by atoms with Gasteiger partial charge in [-0.2, -0.15) is 0 Å². The fourth-order valence-electron chi connectivity index (χ4n) is 3.77. The first kappa shape index (κ1) is 21.3. The third-order valence-electron chi connectivity index (χ3n) is 5.47. The average Bonchev–Trinajstić information content (AvgIpc) is 2.83. The van der Waals surface area contributed by atoms with Gasteiger partial charge in [-0.1, -0.05) is 24.3 Å². The van der Waals surface area contributed by atoms with Crippen LogP contribution in [0.4, 0.5) is 10.2 Å². The second-order valence-electron chi connectivity index (χ2n) is 7.60. The lowest BCUT2D eigenvalue weighted by molar-refractivity contribution is -0.125. The Morgan fingerprint density at radius 1 is 1.23 bits per heavy atom. The zero-order chi connectivity index (χ0) is 21.6. The van der Waals surface area contributed by atoms with E-state index in [-0.39, 0.29) is 17.6 Å². The third-order valence-corrected chi connectivity index (χ3v) is 6.21. The van der Waals surface area contributed by atoms with Crippen LogP contribution in [-0.2, 0) is 11.3 Å². The van der Waals surface area contributed by atoms with Crippen molar-refractivity contribution in [1.29, 1.82) is 0 Å². The standard InChI is InChI=1S/C24H25FN4OS/c1-31-21-9-7-17(8-10-21)15-27-24(30)19-5-3-13-29(16-19)22-11-12-26-23(28-22)18-4-2-6-20(25)14-18/h2,4,6-12,14,19H,3,5,13,15-16H2,1H3,(H,27,30). The van der Waals surface area contributed by atoms with Crippen LogP contribution in [0.2, 0.25) is 0 Å². The van der Waals surface area contributed by atoms with Crippen molar-refractivity contribution in [3.63, 3.8) is 0 Å². The normalized spacial score (nSPS) is 16.2. The van der Waals surface area contributed by atoms with Crippen molar-refractivity contribution in [3.8, 4) is 11.4 Å². The molecule has 160 valence electrons. The molecule has 31 heavy (non-hydrogen) atoms. The minimum absolute atomic E-state index is 0.0676. The molecule has 0 saturated carbocycles. The van der Waals surface area contributed by atoms with Crippen LogP contribution < -0.4 is 10.2 Å². The number of carbonyl (C=O) groups excluding carboxylic acids is 1. The maximum absolute atomic E-state index is 13.6. The van der Waals surface area contributed by atoms with Crippen LogP contribution in [0.25, 0.3) is 11.4 Å². The van der Waals surface area contributed by atoms with Crippen LogP contribution in [0.3, 0.4) is 0 Å². The summed E-state index contributed by atoms with van der Waals surface area (Å²) < 4.78 is 13.6. The molecule has 0 radical (unpaired) electrons. The van der Waals surface area contributed by atoms with E-state index in [2.05, 4.69) is 32.3 Å². The molecule has 2 heterocycles. The number of nitrogens with zero attached hydrogens (tertiary/aromatic N) is 3. The molecule has 1 fully saturated rings. The van der Waals surface area contributed by atoms with Gasteiger partial charge in [-0.05, 0) is 55.0 Å². The number of halogens is 1. The molecule has 1 saturated heterocycles. The van der Waals surface area contributed by atoms with Crippen LogP contribution in [-0.4, -0.2) is 35.2 Å². The molecule has 5 nitrogen and oxygen atoms in total. The van der Waals surface area contributed by atoms with Crippen LogP contribution in [0.1, 0.15) is 18.4 Å².